The Kier molecular flexibility index (Phi) is 4.80. The number of hydrogen-bond acceptors (Lipinski definition) is 5. The van der Waals surface area contributed by atoms with Crippen LogP contribution in [0.4, 0.5) is 5.13 Å². The van der Waals surface area contributed by atoms with Crippen LogP contribution in [0.5, 0.6) is 11.5 Å². The number of anilines is 1. The van der Waals surface area contributed by atoms with Crippen molar-refractivity contribution >= 4 is 22.4 Å². The van der Waals surface area contributed by atoms with Crippen molar-refractivity contribution in [3.63, 3.8) is 0 Å². The molecule has 0 unspecified atom stereocenters. The Labute approximate surface area is 128 Å². The minimum atomic E-state index is -0.158. The molecule has 21 heavy (non-hydrogen) atoms. The average Bonchev–Trinajstić information content (AvgIpc) is 2.83. The van der Waals surface area contributed by atoms with Crippen molar-refractivity contribution in [3.05, 3.63) is 34.8 Å². The smallest absolute Gasteiger partial charge is 0.266 e. The SMILES string of the molecule is COc1ccccc1OCC(=O)N(C)c1nc(C)c(C)s1. The highest BCUT2D eigenvalue weighted by Gasteiger charge is 2.16. The fourth-order valence-electron chi connectivity index (χ4n) is 1.68. The number of hydrogen-bond donors (Lipinski definition) is 0. The van der Waals surface area contributed by atoms with Gasteiger partial charge in [-0.05, 0) is 26.0 Å². The second-order valence-electron chi connectivity index (χ2n) is 4.53. The largest absolute Gasteiger partial charge is 0.493 e. The molecule has 0 spiro atoms. The van der Waals surface area contributed by atoms with E-state index in [0.29, 0.717) is 16.6 Å². The normalized spacial score (nSPS) is 10.3. The first kappa shape index (κ1) is 15.3. The molecule has 5 nitrogen and oxygen atoms in total. The van der Waals surface area contributed by atoms with E-state index in [4.69, 9.17) is 9.47 Å². The van der Waals surface area contributed by atoms with E-state index in [1.807, 2.05) is 26.0 Å². The van der Waals surface area contributed by atoms with Gasteiger partial charge in [0, 0.05) is 11.9 Å². The molecular weight excluding hydrogens is 288 g/mol. The highest BCUT2D eigenvalue weighted by Crippen LogP contribution is 2.27. The van der Waals surface area contributed by atoms with Crippen LogP contribution in [0.25, 0.3) is 0 Å². The van der Waals surface area contributed by atoms with Crippen LogP contribution in [0.15, 0.2) is 24.3 Å². The Balaban J connectivity index is 2.01. The molecular formula is C15H18N2O3S. The molecule has 0 saturated heterocycles. The Morgan fingerprint density at radius 2 is 1.95 bits per heavy atom. The lowest BCUT2D eigenvalue weighted by Gasteiger charge is -2.15. The number of carbonyl (C=O) groups is 1. The number of para-hydroxylation sites is 2. The maximum absolute atomic E-state index is 12.2. The van der Waals surface area contributed by atoms with Gasteiger partial charge < -0.3 is 9.47 Å². The molecule has 0 radical (unpaired) electrons. The maximum atomic E-state index is 12.2. The summed E-state index contributed by atoms with van der Waals surface area (Å²) in [7, 11) is 3.27. The van der Waals surface area contributed by atoms with Gasteiger partial charge in [-0.3, -0.25) is 9.69 Å². The topological polar surface area (TPSA) is 51.7 Å². The number of aryl methyl sites for hydroxylation is 2. The molecule has 0 N–H and O–H groups in total. The van der Waals surface area contributed by atoms with Crippen LogP contribution in [-0.4, -0.2) is 31.7 Å². The van der Waals surface area contributed by atoms with Gasteiger partial charge in [0.15, 0.2) is 23.2 Å². The second-order valence-corrected chi connectivity index (χ2v) is 5.71. The van der Waals surface area contributed by atoms with Crippen LogP contribution >= 0.6 is 11.3 Å². The summed E-state index contributed by atoms with van der Waals surface area (Å²) in [5, 5.41) is 0.679. The number of thiazole rings is 1. The van der Waals surface area contributed by atoms with Gasteiger partial charge in [0.2, 0.25) is 0 Å². The number of nitrogens with zero attached hydrogens (tertiary/aromatic N) is 2. The van der Waals surface area contributed by atoms with Crippen molar-refractivity contribution in [2.24, 2.45) is 0 Å². The summed E-state index contributed by atoms with van der Waals surface area (Å²) < 4.78 is 10.7. The number of ether oxygens (including phenoxy) is 2. The number of aromatic nitrogens is 1. The summed E-state index contributed by atoms with van der Waals surface area (Å²) in [4.78, 5) is 19.1. The fraction of sp³-hybridized carbons (Fsp3) is 0.333. The van der Waals surface area contributed by atoms with E-state index in [2.05, 4.69) is 4.98 Å². The van der Waals surface area contributed by atoms with Crippen molar-refractivity contribution in [2.75, 3.05) is 25.7 Å². The summed E-state index contributed by atoms with van der Waals surface area (Å²) >= 11 is 1.49. The van der Waals surface area contributed by atoms with E-state index in [-0.39, 0.29) is 12.5 Å². The Morgan fingerprint density at radius 3 is 2.52 bits per heavy atom. The van der Waals surface area contributed by atoms with Crippen LogP contribution in [-0.2, 0) is 4.79 Å². The molecule has 0 aliphatic rings. The van der Waals surface area contributed by atoms with E-state index in [0.717, 1.165) is 10.6 Å². The Morgan fingerprint density at radius 1 is 1.29 bits per heavy atom. The molecule has 1 heterocycles. The zero-order chi connectivity index (χ0) is 15.4. The highest BCUT2D eigenvalue weighted by atomic mass is 32.1. The summed E-state index contributed by atoms with van der Waals surface area (Å²) in [5.41, 5.74) is 0.945. The zero-order valence-electron chi connectivity index (χ0n) is 12.5. The van der Waals surface area contributed by atoms with Crippen molar-refractivity contribution in [3.8, 4) is 11.5 Å². The lowest BCUT2D eigenvalue weighted by atomic mass is 10.3. The number of benzene rings is 1. The Bertz CT molecular complexity index is 620. The van der Waals surface area contributed by atoms with Crippen molar-refractivity contribution < 1.29 is 14.3 Å². The third-order valence-corrected chi connectivity index (χ3v) is 4.25. The molecule has 0 bridgehead atoms. The monoisotopic (exact) mass is 306 g/mol. The molecule has 0 atom stereocenters. The first-order chi connectivity index (χ1) is 10.0. The van der Waals surface area contributed by atoms with Gasteiger partial charge in [0.25, 0.3) is 5.91 Å². The molecule has 0 aliphatic carbocycles. The van der Waals surface area contributed by atoms with Crippen molar-refractivity contribution in [2.45, 2.75) is 13.8 Å². The quantitative estimate of drug-likeness (QED) is 0.852. The summed E-state index contributed by atoms with van der Waals surface area (Å²) in [6.45, 7) is 3.85. The van der Waals surface area contributed by atoms with Crippen LogP contribution in [0, 0.1) is 13.8 Å². The third-order valence-electron chi connectivity index (χ3n) is 3.10. The number of rotatable bonds is 5. The molecule has 1 aromatic carbocycles. The molecule has 6 heteroatoms. The van der Waals surface area contributed by atoms with Gasteiger partial charge in [0.05, 0.1) is 12.8 Å². The van der Waals surface area contributed by atoms with E-state index in [9.17, 15) is 4.79 Å². The van der Waals surface area contributed by atoms with Crippen LogP contribution < -0.4 is 14.4 Å². The molecule has 2 rings (SSSR count). The predicted molar refractivity (Wildman–Crippen MR) is 83.5 cm³/mol. The lowest BCUT2D eigenvalue weighted by molar-refractivity contribution is -0.120. The first-order valence-electron chi connectivity index (χ1n) is 6.49. The van der Waals surface area contributed by atoms with Gasteiger partial charge in [-0.25, -0.2) is 4.98 Å². The number of methoxy groups -OCH3 is 1. The fourth-order valence-corrected chi connectivity index (χ4v) is 2.57. The summed E-state index contributed by atoms with van der Waals surface area (Å²) in [6.07, 6.45) is 0. The molecule has 1 amide bonds. The van der Waals surface area contributed by atoms with E-state index in [1.54, 1.807) is 26.3 Å². The van der Waals surface area contributed by atoms with Gasteiger partial charge in [-0.1, -0.05) is 12.1 Å². The predicted octanol–water partition coefficient (Wildman–Crippen LogP) is 2.81. The van der Waals surface area contributed by atoms with Crippen molar-refractivity contribution in [1.82, 2.24) is 4.98 Å². The van der Waals surface area contributed by atoms with Crippen molar-refractivity contribution in [1.29, 1.82) is 0 Å². The molecule has 0 fully saturated rings. The van der Waals surface area contributed by atoms with Gasteiger partial charge in [-0.2, -0.15) is 0 Å². The Hall–Kier alpha value is -2.08. The number of amides is 1. The van der Waals surface area contributed by atoms with Gasteiger partial charge >= 0.3 is 0 Å². The summed E-state index contributed by atoms with van der Waals surface area (Å²) in [6, 6.07) is 7.24. The third kappa shape index (κ3) is 3.52. The highest BCUT2D eigenvalue weighted by molar-refractivity contribution is 7.15. The van der Waals surface area contributed by atoms with Crippen LogP contribution in [0.3, 0.4) is 0 Å². The summed E-state index contributed by atoms with van der Waals surface area (Å²) in [5.74, 6) is 0.997. The second kappa shape index (κ2) is 6.58. The van der Waals surface area contributed by atoms with Crippen LogP contribution in [0.1, 0.15) is 10.6 Å². The maximum Gasteiger partial charge on any atom is 0.266 e. The molecule has 1 aromatic heterocycles. The zero-order valence-corrected chi connectivity index (χ0v) is 13.4. The molecule has 0 aliphatic heterocycles. The molecule has 112 valence electrons. The number of likely N-dealkylation sites (N-methyl/N-ethyl adjacent to an activating group) is 1. The van der Waals surface area contributed by atoms with Crippen LogP contribution in [0.2, 0.25) is 0 Å². The minimum absolute atomic E-state index is 0.0610. The first-order valence-corrected chi connectivity index (χ1v) is 7.31. The van der Waals surface area contributed by atoms with E-state index >= 15 is 0 Å². The van der Waals surface area contributed by atoms with E-state index in [1.165, 1.54) is 16.2 Å². The average molecular weight is 306 g/mol. The van der Waals surface area contributed by atoms with Gasteiger partial charge in [0.1, 0.15) is 0 Å². The van der Waals surface area contributed by atoms with Gasteiger partial charge in [-0.15, -0.1) is 11.3 Å². The molecule has 0 saturated carbocycles. The lowest BCUT2D eigenvalue weighted by Crippen LogP contribution is -2.31. The number of carbonyl (C=O) groups excluding carboxylic acids is 1. The standard InChI is InChI=1S/C15H18N2O3S/c1-10-11(2)21-15(16-10)17(3)14(18)9-20-13-8-6-5-7-12(13)19-4/h5-8H,9H2,1-4H3. The minimum Gasteiger partial charge on any atom is -0.493 e. The van der Waals surface area contributed by atoms with E-state index < -0.39 is 0 Å². The molecule has 2 aromatic rings.